The Hall–Kier alpha value is -2.67. The molecule has 7 heteroatoms. The van der Waals surface area contributed by atoms with Gasteiger partial charge in [-0.3, -0.25) is 14.5 Å². The molecule has 0 radical (unpaired) electrons. The number of aromatic nitrogens is 2. The van der Waals surface area contributed by atoms with E-state index in [1.807, 2.05) is 36.1 Å². The number of rotatable bonds is 6. The van der Waals surface area contributed by atoms with Crippen LogP contribution < -0.4 is 10.3 Å². The molecular formula is C24H32N4O3. The fourth-order valence-corrected chi connectivity index (χ4v) is 4.56. The third-order valence-electron chi connectivity index (χ3n) is 6.33. The Labute approximate surface area is 183 Å². The maximum absolute atomic E-state index is 13.1. The fraction of sp³-hybridized carbons (Fsp3) is 0.542. The Morgan fingerprint density at radius 2 is 2.03 bits per heavy atom. The van der Waals surface area contributed by atoms with Crippen molar-refractivity contribution >= 4 is 5.91 Å². The fourth-order valence-electron chi connectivity index (χ4n) is 4.56. The number of aromatic amines is 1. The van der Waals surface area contributed by atoms with Gasteiger partial charge in [-0.05, 0) is 51.3 Å². The molecule has 1 fully saturated rings. The summed E-state index contributed by atoms with van der Waals surface area (Å²) in [6.07, 6.45) is 2.86. The van der Waals surface area contributed by atoms with Crippen LogP contribution in [0, 0.1) is 0 Å². The molecule has 3 heterocycles. The van der Waals surface area contributed by atoms with Crippen molar-refractivity contribution in [3.63, 3.8) is 0 Å². The van der Waals surface area contributed by atoms with E-state index in [2.05, 4.69) is 23.7 Å². The molecule has 1 amide bonds. The Bertz CT molecular complexity index is 983. The van der Waals surface area contributed by atoms with Crippen LogP contribution in [0.5, 0.6) is 5.75 Å². The molecule has 2 aliphatic heterocycles. The van der Waals surface area contributed by atoms with Gasteiger partial charge in [0.1, 0.15) is 11.6 Å². The average Bonchev–Trinajstić information content (AvgIpc) is 3.25. The molecule has 0 aliphatic carbocycles. The highest BCUT2D eigenvalue weighted by Crippen LogP contribution is 2.31. The van der Waals surface area contributed by atoms with Gasteiger partial charge in [0.05, 0.1) is 30.3 Å². The van der Waals surface area contributed by atoms with E-state index in [4.69, 9.17) is 9.72 Å². The molecule has 1 aromatic carbocycles. The van der Waals surface area contributed by atoms with Gasteiger partial charge in [-0.2, -0.15) is 0 Å². The number of likely N-dealkylation sites (tertiary alicyclic amines) is 1. The second kappa shape index (κ2) is 9.22. The summed E-state index contributed by atoms with van der Waals surface area (Å²) < 4.78 is 5.48. The number of carbonyl (C=O) groups is 1. The largest absolute Gasteiger partial charge is 0.494 e. The number of nitrogens with zero attached hydrogens (tertiary/aromatic N) is 3. The highest BCUT2D eigenvalue weighted by Gasteiger charge is 2.33. The number of H-pyrrole nitrogens is 1. The monoisotopic (exact) mass is 424 g/mol. The number of nitrogens with one attached hydrogen (secondary N) is 1. The summed E-state index contributed by atoms with van der Waals surface area (Å²) in [4.78, 5) is 37.9. The molecule has 1 saturated heterocycles. The third-order valence-corrected chi connectivity index (χ3v) is 6.33. The van der Waals surface area contributed by atoms with Gasteiger partial charge >= 0.3 is 0 Å². The van der Waals surface area contributed by atoms with Crippen molar-refractivity contribution in [3.8, 4) is 5.75 Å². The molecule has 7 nitrogen and oxygen atoms in total. The Morgan fingerprint density at radius 1 is 1.26 bits per heavy atom. The molecule has 1 aromatic heterocycles. The van der Waals surface area contributed by atoms with Crippen LogP contribution in [-0.2, 0) is 24.2 Å². The maximum atomic E-state index is 13.1. The molecule has 0 bridgehead atoms. The smallest absolute Gasteiger partial charge is 0.255 e. The lowest BCUT2D eigenvalue weighted by Crippen LogP contribution is -2.40. The van der Waals surface area contributed by atoms with E-state index in [9.17, 15) is 9.59 Å². The highest BCUT2D eigenvalue weighted by atomic mass is 16.5. The van der Waals surface area contributed by atoms with Crippen molar-refractivity contribution in [1.82, 2.24) is 19.8 Å². The summed E-state index contributed by atoms with van der Waals surface area (Å²) >= 11 is 0. The number of hydrogen-bond donors (Lipinski definition) is 1. The van der Waals surface area contributed by atoms with Crippen molar-refractivity contribution in [2.45, 2.75) is 65.1 Å². The van der Waals surface area contributed by atoms with Crippen LogP contribution in [0.15, 0.2) is 29.1 Å². The van der Waals surface area contributed by atoms with Crippen LogP contribution in [0.4, 0.5) is 0 Å². The third kappa shape index (κ3) is 4.66. The SMILES string of the molecule is CCOc1ccc(CC(=O)N2CCC[C@@H]2c2nc3c(c(=O)[nH]2)CN(C(C)C)CC3)cc1. The van der Waals surface area contributed by atoms with Crippen molar-refractivity contribution in [2.24, 2.45) is 0 Å². The Kier molecular flexibility index (Phi) is 6.41. The summed E-state index contributed by atoms with van der Waals surface area (Å²) in [5.74, 6) is 1.52. The summed E-state index contributed by atoms with van der Waals surface area (Å²) in [6.45, 7) is 9.11. The zero-order valence-corrected chi connectivity index (χ0v) is 18.7. The normalized spacial score (nSPS) is 19.0. The first kappa shape index (κ1) is 21.6. The van der Waals surface area contributed by atoms with E-state index >= 15 is 0 Å². The predicted molar refractivity (Wildman–Crippen MR) is 119 cm³/mol. The van der Waals surface area contributed by atoms with Crippen LogP contribution in [0.25, 0.3) is 0 Å². The minimum Gasteiger partial charge on any atom is -0.494 e. The molecule has 31 heavy (non-hydrogen) atoms. The molecule has 1 atom stereocenters. The summed E-state index contributed by atoms with van der Waals surface area (Å²) in [7, 11) is 0. The summed E-state index contributed by atoms with van der Waals surface area (Å²) in [6, 6.07) is 7.92. The van der Waals surface area contributed by atoms with E-state index < -0.39 is 0 Å². The molecule has 0 spiro atoms. The van der Waals surface area contributed by atoms with E-state index in [-0.39, 0.29) is 17.5 Å². The number of hydrogen-bond acceptors (Lipinski definition) is 5. The first-order chi connectivity index (χ1) is 15.0. The number of amides is 1. The van der Waals surface area contributed by atoms with Crippen LogP contribution in [-0.4, -0.2) is 51.4 Å². The second-order valence-corrected chi connectivity index (χ2v) is 8.69. The van der Waals surface area contributed by atoms with E-state index in [0.717, 1.165) is 48.4 Å². The molecule has 2 aromatic rings. The topological polar surface area (TPSA) is 78.5 Å². The van der Waals surface area contributed by atoms with Gasteiger partial charge in [0.25, 0.3) is 5.56 Å². The van der Waals surface area contributed by atoms with Gasteiger partial charge in [-0.25, -0.2) is 4.98 Å². The lowest BCUT2D eigenvalue weighted by Gasteiger charge is -2.31. The van der Waals surface area contributed by atoms with Crippen LogP contribution >= 0.6 is 0 Å². The lowest BCUT2D eigenvalue weighted by atomic mass is 10.0. The van der Waals surface area contributed by atoms with Crippen LogP contribution in [0.1, 0.15) is 62.3 Å². The van der Waals surface area contributed by atoms with Crippen LogP contribution in [0.3, 0.4) is 0 Å². The minimum absolute atomic E-state index is 0.0591. The molecule has 0 saturated carbocycles. The molecule has 4 rings (SSSR count). The second-order valence-electron chi connectivity index (χ2n) is 8.69. The molecule has 0 unspecified atom stereocenters. The Morgan fingerprint density at radius 3 is 2.74 bits per heavy atom. The number of ether oxygens (including phenoxy) is 1. The molecular weight excluding hydrogens is 392 g/mol. The van der Waals surface area contributed by atoms with Gasteiger partial charge in [0.15, 0.2) is 0 Å². The zero-order valence-electron chi connectivity index (χ0n) is 18.7. The molecule has 2 aliphatic rings. The zero-order chi connectivity index (χ0) is 22.0. The van der Waals surface area contributed by atoms with E-state index in [1.165, 1.54) is 0 Å². The lowest BCUT2D eigenvalue weighted by molar-refractivity contribution is -0.131. The van der Waals surface area contributed by atoms with Crippen molar-refractivity contribution < 1.29 is 9.53 Å². The van der Waals surface area contributed by atoms with Gasteiger partial charge in [0.2, 0.25) is 5.91 Å². The number of benzene rings is 1. The van der Waals surface area contributed by atoms with E-state index in [1.54, 1.807) is 0 Å². The quantitative estimate of drug-likeness (QED) is 0.772. The van der Waals surface area contributed by atoms with Crippen LogP contribution in [0.2, 0.25) is 0 Å². The van der Waals surface area contributed by atoms with Gasteiger partial charge in [-0.1, -0.05) is 12.1 Å². The molecule has 1 N–H and O–H groups in total. The summed E-state index contributed by atoms with van der Waals surface area (Å²) in [5, 5.41) is 0. The maximum Gasteiger partial charge on any atom is 0.255 e. The average molecular weight is 425 g/mol. The van der Waals surface area contributed by atoms with Crippen molar-refractivity contribution in [3.05, 3.63) is 57.3 Å². The minimum atomic E-state index is -0.156. The van der Waals surface area contributed by atoms with Gasteiger partial charge < -0.3 is 14.6 Å². The van der Waals surface area contributed by atoms with E-state index in [0.29, 0.717) is 38.0 Å². The van der Waals surface area contributed by atoms with Gasteiger partial charge in [0, 0.05) is 32.1 Å². The predicted octanol–water partition coefficient (Wildman–Crippen LogP) is 2.84. The van der Waals surface area contributed by atoms with Crippen molar-refractivity contribution in [1.29, 1.82) is 0 Å². The first-order valence-corrected chi connectivity index (χ1v) is 11.3. The highest BCUT2D eigenvalue weighted by molar-refractivity contribution is 5.79. The standard InChI is InChI=1S/C24H32N4O3/c1-4-31-18-9-7-17(8-10-18)14-22(29)28-12-5-6-21(28)23-25-20-11-13-27(16(2)3)15-19(20)24(30)26-23/h7-10,16,21H,4-6,11-15H2,1-3H3,(H,25,26,30)/t21-/m1/s1. The number of carbonyl (C=O) groups excluding carboxylic acids is 1. The molecule has 166 valence electrons. The van der Waals surface area contributed by atoms with Gasteiger partial charge in [-0.15, -0.1) is 0 Å². The first-order valence-electron chi connectivity index (χ1n) is 11.3. The number of fused-ring (bicyclic) bond motifs is 1. The van der Waals surface area contributed by atoms with Crippen molar-refractivity contribution in [2.75, 3.05) is 19.7 Å². The Balaban J connectivity index is 1.50. The summed E-state index contributed by atoms with van der Waals surface area (Å²) in [5.41, 5.74) is 2.56.